The van der Waals surface area contributed by atoms with E-state index in [-0.39, 0.29) is 0 Å². The van der Waals surface area contributed by atoms with Crippen LogP contribution in [0.15, 0.2) is 24.0 Å². The zero-order valence-corrected chi connectivity index (χ0v) is 9.19. The lowest BCUT2D eigenvalue weighted by atomic mass is 10.1. The van der Waals surface area contributed by atoms with Crippen LogP contribution in [0, 0.1) is 0 Å². The molecule has 2 N–H and O–H groups in total. The van der Waals surface area contributed by atoms with Gasteiger partial charge in [-0.2, -0.15) is 5.10 Å². The van der Waals surface area contributed by atoms with Crippen molar-refractivity contribution in [3.8, 4) is 0 Å². The second-order valence-electron chi connectivity index (χ2n) is 4.14. The smallest absolute Gasteiger partial charge is 0.0719 e. The van der Waals surface area contributed by atoms with E-state index < -0.39 is 0 Å². The summed E-state index contributed by atoms with van der Waals surface area (Å²) < 4.78 is 1.90. The topological polar surface area (TPSA) is 47.1 Å². The Labute approximate surface area is 90.4 Å². The largest absolute Gasteiger partial charge is 0.396 e. The van der Waals surface area contributed by atoms with E-state index in [4.69, 9.17) is 5.73 Å². The first-order chi connectivity index (χ1) is 7.24. The van der Waals surface area contributed by atoms with E-state index in [9.17, 15) is 0 Å². The molecule has 0 saturated heterocycles. The van der Waals surface area contributed by atoms with Crippen molar-refractivity contribution in [1.82, 2.24) is 14.7 Å². The van der Waals surface area contributed by atoms with E-state index in [2.05, 4.69) is 23.0 Å². The van der Waals surface area contributed by atoms with Gasteiger partial charge < -0.3 is 5.73 Å². The predicted molar refractivity (Wildman–Crippen MR) is 61.5 cm³/mol. The van der Waals surface area contributed by atoms with Gasteiger partial charge in [0, 0.05) is 25.8 Å². The van der Waals surface area contributed by atoms with Crippen LogP contribution in [0.25, 0.3) is 0 Å². The highest BCUT2D eigenvalue weighted by molar-refractivity contribution is 5.30. The summed E-state index contributed by atoms with van der Waals surface area (Å²) in [6, 6.07) is 0. The van der Waals surface area contributed by atoms with Gasteiger partial charge in [0.15, 0.2) is 0 Å². The summed E-state index contributed by atoms with van der Waals surface area (Å²) in [5.41, 5.74) is 7.85. The predicted octanol–water partition coefficient (Wildman–Crippen LogP) is 1.12. The molecule has 0 bridgehead atoms. The molecule has 15 heavy (non-hydrogen) atoms. The lowest BCUT2D eigenvalue weighted by Gasteiger charge is -2.24. The number of nitrogen functional groups attached to an aromatic ring is 1. The molecular formula is C11H18N4. The van der Waals surface area contributed by atoms with Crippen LogP contribution in [-0.4, -0.2) is 34.3 Å². The van der Waals surface area contributed by atoms with E-state index >= 15 is 0 Å². The number of aromatic nitrogens is 2. The van der Waals surface area contributed by atoms with Crippen LogP contribution in [-0.2, 0) is 6.54 Å². The highest BCUT2D eigenvalue weighted by atomic mass is 15.3. The van der Waals surface area contributed by atoms with Crippen LogP contribution >= 0.6 is 0 Å². The average molecular weight is 206 g/mol. The van der Waals surface area contributed by atoms with Crippen molar-refractivity contribution in [2.45, 2.75) is 19.9 Å². The van der Waals surface area contributed by atoms with E-state index in [0.29, 0.717) is 0 Å². The van der Waals surface area contributed by atoms with Gasteiger partial charge in [-0.3, -0.25) is 9.58 Å². The first-order valence-electron chi connectivity index (χ1n) is 5.40. The second-order valence-corrected chi connectivity index (χ2v) is 4.14. The third-order valence-corrected chi connectivity index (χ3v) is 2.82. The minimum Gasteiger partial charge on any atom is -0.396 e. The molecule has 2 heterocycles. The van der Waals surface area contributed by atoms with Gasteiger partial charge >= 0.3 is 0 Å². The van der Waals surface area contributed by atoms with Crippen LogP contribution in [0.5, 0.6) is 0 Å². The molecule has 4 nitrogen and oxygen atoms in total. The van der Waals surface area contributed by atoms with E-state index in [1.54, 1.807) is 6.20 Å². The Morgan fingerprint density at radius 2 is 2.33 bits per heavy atom. The third-order valence-electron chi connectivity index (χ3n) is 2.82. The van der Waals surface area contributed by atoms with Crippen molar-refractivity contribution < 1.29 is 0 Å². The number of nitrogens with two attached hydrogens (primary N) is 1. The maximum atomic E-state index is 5.60. The van der Waals surface area contributed by atoms with Crippen LogP contribution in [0.2, 0.25) is 0 Å². The quantitative estimate of drug-likeness (QED) is 0.754. The molecular weight excluding hydrogens is 188 g/mol. The molecule has 0 spiro atoms. The second kappa shape index (κ2) is 4.49. The Bertz CT molecular complexity index is 353. The monoisotopic (exact) mass is 206 g/mol. The number of anilines is 1. The van der Waals surface area contributed by atoms with Gasteiger partial charge in [0.2, 0.25) is 0 Å². The molecule has 2 rings (SSSR count). The zero-order valence-electron chi connectivity index (χ0n) is 9.19. The Balaban J connectivity index is 1.79. The van der Waals surface area contributed by atoms with Crippen molar-refractivity contribution in [3.63, 3.8) is 0 Å². The molecule has 0 aliphatic carbocycles. The van der Waals surface area contributed by atoms with Crippen molar-refractivity contribution in [2.75, 3.05) is 25.4 Å². The summed E-state index contributed by atoms with van der Waals surface area (Å²) in [5, 5.41) is 4.16. The molecule has 82 valence electrons. The summed E-state index contributed by atoms with van der Waals surface area (Å²) in [6.45, 7) is 6.40. The fourth-order valence-corrected chi connectivity index (χ4v) is 1.76. The van der Waals surface area contributed by atoms with Gasteiger partial charge in [-0.25, -0.2) is 0 Å². The highest BCUT2D eigenvalue weighted by Gasteiger charge is 2.08. The summed E-state index contributed by atoms with van der Waals surface area (Å²) >= 11 is 0. The lowest BCUT2D eigenvalue weighted by molar-refractivity contribution is 0.277. The minimum atomic E-state index is 0.740. The molecule has 0 radical (unpaired) electrons. The molecule has 0 saturated carbocycles. The van der Waals surface area contributed by atoms with Gasteiger partial charge in [-0.05, 0) is 13.3 Å². The normalized spacial score (nSPS) is 17.8. The molecule has 1 aromatic heterocycles. The van der Waals surface area contributed by atoms with Crippen molar-refractivity contribution >= 4 is 5.69 Å². The average Bonchev–Trinajstić information content (AvgIpc) is 2.64. The Morgan fingerprint density at radius 1 is 1.47 bits per heavy atom. The molecule has 4 heteroatoms. The number of nitrogens with zero attached hydrogens (tertiary/aromatic N) is 3. The fraction of sp³-hybridized carbons (Fsp3) is 0.545. The highest BCUT2D eigenvalue weighted by Crippen LogP contribution is 2.09. The van der Waals surface area contributed by atoms with E-state index in [1.807, 2.05) is 10.9 Å². The molecule has 0 unspecified atom stereocenters. The van der Waals surface area contributed by atoms with Gasteiger partial charge in [0.05, 0.1) is 18.4 Å². The van der Waals surface area contributed by atoms with Gasteiger partial charge in [0.25, 0.3) is 0 Å². The van der Waals surface area contributed by atoms with Crippen molar-refractivity contribution in [3.05, 3.63) is 24.0 Å². The molecule has 0 amide bonds. The zero-order chi connectivity index (χ0) is 10.7. The standard InChI is InChI=1S/C11H18N4/c1-10-2-4-14(5-3-10)6-7-15-9-11(12)8-13-15/h2,8-9H,3-7,12H2,1H3. The molecule has 0 fully saturated rings. The maximum absolute atomic E-state index is 5.60. The first kappa shape index (κ1) is 10.2. The van der Waals surface area contributed by atoms with Gasteiger partial charge in [-0.1, -0.05) is 11.6 Å². The number of hydrogen-bond donors (Lipinski definition) is 1. The SMILES string of the molecule is CC1=CCN(CCn2cc(N)cn2)CC1. The molecule has 0 atom stereocenters. The van der Waals surface area contributed by atoms with Gasteiger partial charge in [-0.15, -0.1) is 0 Å². The summed E-state index contributed by atoms with van der Waals surface area (Å²) in [5.74, 6) is 0. The molecule has 1 aromatic rings. The molecule has 1 aliphatic heterocycles. The molecule has 1 aliphatic rings. The lowest BCUT2D eigenvalue weighted by Crippen LogP contribution is -2.31. The Morgan fingerprint density at radius 3 is 2.93 bits per heavy atom. The van der Waals surface area contributed by atoms with E-state index in [0.717, 1.165) is 25.3 Å². The first-order valence-corrected chi connectivity index (χ1v) is 5.40. The van der Waals surface area contributed by atoms with Gasteiger partial charge in [0.1, 0.15) is 0 Å². The number of hydrogen-bond acceptors (Lipinski definition) is 3. The van der Waals surface area contributed by atoms with Crippen LogP contribution in [0.4, 0.5) is 5.69 Å². The third kappa shape index (κ3) is 2.83. The maximum Gasteiger partial charge on any atom is 0.0719 e. The summed E-state index contributed by atoms with van der Waals surface area (Å²) in [4.78, 5) is 2.44. The molecule has 0 aromatic carbocycles. The van der Waals surface area contributed by atoms with Crippen LogP contribution in [0.1, 0.15) is 13.3 Å². The number of rotatable bonds is 3. The van der Waals surface area contributed by atoms with Crippen molar-refractivity contribution in [1.29, 1.82) is 0 Å². The van der Waals surface area contributed by atoms with Crippen molar-refractivity contribution in [2.24, 2.45) is 0 Å². The van der Waals surface area contributed by atoms with E-state index in [1.165, 1.54) is 18.5 Å². The Hall–Kier alpha value is -1.29. The summed E-state index contributed by atoms with van der Waals surface area (Å²) in [6.07, 6.45) is 7.08. The summed E-state index contributed by atoms with van der Waals surface area (Å²) in [7, 11) is 0. The Kier molecular flexibility index (Phi) is 3.06. The fourth-order valence-electron chi connectivity index (χ4n) is 1.76. The van der Waals surface area contributed by atoms with Crippen LogP contribution < -0.4 is 5.73 Å². The minimum absolute atomic E-state index is 0.740. The van der Waals surface area contributed by atoms with Crippen LogP contribution in [0.3, 0.4) is 0 Å².